The second kappa shape index (κ2) is 8.52. The third kappa shape index (κ3) is 4.24. The summed E-state index contributed by atoms with van der Waals surface area (Å²) in [6.45, 7) is -0.413. The molecule has 0 saturated carbocycles. The molecule has 0 spiro atoms. The quantitative estimate of drug-likeness (QED) is 0.459. The highest BCUT2D eigenvalue weighted by atomic mass is 19.1. The van der Waals surface area contributed by atoms with Crippen LogP contribution in [0.5, 0.6) is 5.88 Å². The number of amides is 2. The Bertz CT molecular complexity index is 1040. The van der Waals surface area contributed by atoms with Crippen molar-refractivity contribution in [2.24, 2.45) is 0 Å². The molecule has 0 aliphatic heterocycles. The summed E-state index contributed by atoms with van der Waals surface area (Å²) in [6.07, 6.45) is 0. The monoisotopic (exact) mass is 403 g/mol. The highest BCUT2D eigenvalue weighted by Gasteiger charge is 2.24. The van der Waals surface area contributed by atoms with Gasteiger partial charge in [0.1, 0.15) is 11.6 Å². The predicted octanol–water partition coefficient (Wildman–Crippen LogP) is 1.63. The first-order valence-electron chi connectivity index (χ1n) is 8.40. The second-order valence-electron chi connectivity index (χ2n) is 5.87. The average molecular weight is 403 g/mol. The summed E-state index contributed by atoms with van der Waals surface area (Å²) >= 11 is 0. The van der Waals surface area contributed by atoms with E-state index in [1.165, 1.54) is 44.6 Å². The number of anilines is 1. The first-order valence-corrected chi connectivity index (χ1v) is 8.40. The molecule has 0 radical (unpaired) electrons. The molecule has 4 N–H and O–H groups in total. The second-order valence-corrected chi connectivity index (χ2v) is 5.87. The zero-order valence-electron chi connectivity index (χ0n) is 15.5. The molecule has 10 nitrogen and oxygen atoms in total. The summed E-state index contributed by atoms with van der Waals surface area (Å²) in [7, 11) is 2.60. The number of aliphatic hydroxyl groups excluding tert-OH is 1. The van der Waals surface area contributed by atoms with Gasteiger partial charge in [0.05, 0.1) is 37.4 Å². The third-order valence-electron chi connectivity index (χ3n) is 4.09. The van der Waals surface area contributed by atoms with E-state index < -0.39 is 30.5 Å². The van der Waals surface area contributed by atoms with E-state index in [0.29, 0.717) is 16.5 Å². The zero-order valence-corrected chi connectivity index (χ0v) is 15.5. The number of nitrogens with one attached hydrogen (secondary N) is 3. The van der Waals surface area contributed by atoms with E-state index >= 15 is 0 Å². The van der Waals surface area contributed by atoms with Crippen molar-refractivity contribution in [1.82, 2.24) is 20.5 Å². The van der Waals surface area contributed by atoms with Gasteiger partial charge in [0.25, 0.3) is 0 Å². The fourth-order valence-corrected chi connectivity index (χ4v) is 2.75. The number of aromatic amines is 1. The molecule has 11 heteroatoms. The molecule has 29 heavy (non-hydrogen) atoms. The van der Waals surface area contributed by atoms with Gasteiger partial charge < -0.3 is 19.9 Å². The Morgan fingerprint density at radius 2 is 2.00 bits per heavy atom. The Labute approximate surface area is 164 Å². The fraction of sp³-hybridized carbons (Fsp3) is 0.222. The minimum absolute atomic E-state index is 0.105. The highest BCUT2D eigenvalue weighted by Crippen LogP contribution is 2.27. The fourth-order valence-electron chi connectivity index (χ4n) is 2.75. The molecule has 152 valence electrons. The summed E-state index contributed by atoms with van der Waals surface area (Å²) in [5, 5.41) is 21.7. The standard InChI is InChI=1S/C18H18FN5O5/c1-28-16-14-11(23-24-16)7-13(20-12(14)8-25)21-18(27)22-15(17(26)29-2)9-3-5-10(19)6-4-9/h3-7,15,25H,8H2,1-2H3,(H,23,24)(H2,20,21,22,27). The van der Waals surface area contributed by atoms with E-state index in [4.69, 9.17) is 9.47 Å². The van der Waals surface area contributed by atoms with Crippen molar-refractivity contribution in [3.63, 3.8) is 0 Å². The lowest BCUT2D eigenvalue weighted by atomic mass is 10.1. The van der Waals surface area contributed by atoms with Crippen LogP contribution in [0.2, 0.25) is 0 Å². The maximum absolute atomic E-state index is 13.1. The number of benzene rings is 1. The average Bonchev–Trinajstić information content (AvgIpc) is 3.14. The number of carbonyl (C=O) groups excluding carboxylic acids is 2. The first kappa shape index (κ1) is 20.0. The van der Waals surface area contributed by atoms with Gasteiger partial charge in [0, 0.05) is 6.07 Å². The molecule has 0 fully saturated rings. The van der Waals surface area contributed by atoms with Gasteiger partial charge in [-0.3, -0.25) is 10.4 Å². The van der Waals surface area contributed by atoms with E-state index in [1.807, 2.05) is 0 Å². The van der Waals surface area contributed by atoms with Crippen LogP contribution in [0.15, 0.2) is 30.3 Å². The Morgan fingerprint density at radius 1 is 1.28 bits per heavy atom. The van der Waals surface area contributed by atoms with E-state index in [1.54, 1.807) is 0 Å². The van der Waals surface area contributed by atoms with Crippen LogP contribution in [-0.2, 0) is 16.1 Å². The van der Waals surface area contributed by atoms with Crippen LogP contribution in [0.4, 0.5) is 15.0 Å². The van der Waals surface area contributed by atoms with Gasteiger partial charge in [-0.2, -0.15) is 0 Å². The Kier molecular flexibility index (Phi) is 5.88. The maximum Gasteiger partial charge on any atom is 0.333 e. The number of urea groups is 1. The largest absolute Gasteiger partial charge is 0.479 e. The number of nitrogens with zero attached hydrogens (tertiary/aromatic N) is 2. The van der Waals surface area contributed by atoms with Crippen molar-refractivity contribution in [1.29, 1.82) is 0 Å². The number of aliphatic hydroxyl groups is 1. The number of fused-ring (bicyclic) bond motifs is 1. The van der Waals surface area contributed by atoms with Crippen LogP contribution in [0.25, 0.3) is 10.9 Å². The predicted molar refractivity (Wildman–Crippen MR) is 99.7 cm³/mol. The van der Waals surface area contributed by atoms with Gasteiger partial charge in [-0.1, -0.05) is 12.1 Å². The van der Waals surface area contributed by atoms with Crippen LogP contribution in [0.3, 0.4) is 0 Å². The van der Waals surface area contributed by atoms with Gasteiger partial charge >= 0.3 is 12.0 Å². The number of pyridine rings is 1. The number of rotatable bonds is 6. The molecule has 0 aliphatic rings. The molecule has 3 aromatic rings. The van der Waals surface area contributed by atoms with Crippen molar-refractivity contribution in [2.75, 3.05) is 19.5 Å². The first-order chi connectivity index (χ1) is 14.0. The van der Waals surface area contributed by atoms with Crippen molar-refractivity contribution in [2.45, 2.75) is 12.6 Å². The topological polar surface area (TPSA) is 138 Å². The molecule has 0 saturated heterocycles. The van der Waals surface area contributed by atoms with E-state index in [9.17, 15) is 19.1 Å². The van der Waals surface area contributed by atoms with Gasteiger partial charge in [-0.15, -0.1) is 5.10 Å². The molecule has 3 rings (SSSR count). The molecule has 2 aromatic heterocycles. The lowest BCUT2D eigenvalue weighted by molar-refractivity contribution is -0.143. The van der Waals surface area contributed by atoms with Crippen LogP contribution >= 0.6 is 0 Å². The van der Waals surface area contributed by atoms with Crippen LogP contribution in [-0.4, -0.2) is 46.5 Å². The minimum atomic E-state index is -1.16. The van der Waals surface area contributed by atoms with Crippen molar-refractivity contribution in [3.8, 4) is 5.88 Å². The maximum atomic E-state index is 13.1. The lowest BCUT2D eigenvalue weighted by Crippen LogP contribution is -2.37. The number of hydrogen-bond acceptors (Lipinski definition) is 7. The molecule has 2 heterocycles. The zero-order chi connectivity index (χ0) is 21.0. The summed E-state index contributed by atoms with van der Waals surface area (Å²) < 4.78 is 23.0. The highest BCUT2D eigenvalue weighted by molar-refractivity contribution is 5.95. The number of methoxy groups -OCH3 is 2. The van der Waals surface area contributed by atoms with E-state index in [2.05, 4.69) is 25.8 Å². The summed E-state index contributed by atoms with van der Waals surface area (Å²) in [5.41, 5.74) is 1.07. The SMILES string of the molecule is COC(=O)C(NC(=O)Nc1cc2[nH]nc(OC)c2c(CO)n1)c1ccc(F)cc1. The Morgan fingerprint density at radius 3 is 2.62 bits per heavy atom. The van der Waals surface area contributed by atoms with Crippen molar-refractivity contribution >= 4 is 28.7 Å². The molecular weight excluding hydrogens is 385 g/mol. The normalized spacial score (nSPS) is 11.7. The van der Waals surface area contributed by atoms with Gasteiger partial charge in [-0.05, 0) is 17.7 Å². The van der Waals surface area contributed by atoms with Crippen LogP contribution in [0, 0.1) is 5.82 Å². The third-order valence-corrected chi connectivity index (χ3v) is 4.09. The number of carbonyl (C=O) groups is 2. The molecule has 0 bridgehead atoms. The Hall–Kier alpha value is -3.73. The molecule has 1 unspecified atom stereocenters. The number of ether oxygens (including phenoxy) is 2. The van der Waals surface area contributed by atoms with Gasteiger partial charge in [-0.25, -0.2) is 19.0 Å². The van der Waals surface area contributed by atoms with E-state index in [0.717, 1.165) is 0 Å². The number of H-pyrrole nitrogens is 1. The Balaban J connectivity index is 1.83. The molecule has 2 amide bonds. The van der Waals surface area contributed by atoms with Gasteiger partial charge in [0.2, 0.25) is 5.88 Å². The minimum Gasteiger partial charge on any atom is -0.479 e. The van der Waals surface area contributed by atoms with Crippen LogP contribution < -0.4 is 15.4 Å². The van der Waals surface area contributed by atoms with Crippen molar-refractivity contribution < 1.29 is 28.6 Å². The smallest absolute Gasteiger partial charge is 0.333 e. The summed E-state index contributed by atoms with van der Waals surface area (Å²) in [5.74, 6) is -0.849. The number of esters is 1. The molecule has 1 atom stereocenters. The number of hydrogen-bond donors (Lipinski definition) is 4. The van der Waals surface area contributed by atoms with Crippen molar-refractivity contribution in [3.05, 3.63) is 47.4 Å². The number of aromatic nitrogens is 3. The van der Waals surface area contributed by atoms with E-state index in [-0.39, 0.29) is 17.4 Å². The molecule has 1 aromatic carbocycles. The number of halogens is 1. The van der Waals surface area contributed by atoms with Crippen LogP contribution in [0.1, 0.15) is 17.3 Å². The summed E-state index contributed by atoms with van der Waals surface area (Å²) in [4.78, 5) is 28.7. The molecular formula is C18H18FN5O5. The summed E-state index contributed by atoms with van der Waals surface area (Å²) in [6, 6.07) is 4.64. The molecule has 0 aliphatic carbocycles. The van der Waals surface area contributed by atoms with Gasteiger partial charge in [0.15, 0.2) is 6.04 Å². The lowest BCUT2D eigenvalue weighted by Gasteiger charge is -2.17.